The molecule has 2 aromatic carbocycles. The standard InChI is InChI=1S/C19H21N5O2S/c1-3-24-18(13-7-6-8-14(20)11-13)22-23-19(24)27-12-17(25)21-15-9-4-5-10-16(15)26-2/h4-11H,3,12,20H2,1-2H3,(H,21,25). The molecule has 0 aliphatic heterocycles. The van der Waals surface area contributed by atoms with Crippen LogP contribution in [0.3, 0.4) is 0 Å². The highest BCUT2D eigenvalue weighted by Crippen LogP contribution is 2.26. The van der Waals surface area contributed by atoms with Gasteiger partial charge >= 0.3 is 0 Å². The lowest BCUT2D eigenvalue weighted by atomic mass is 10.2. The number of nitrogens with zero attached hydrogens (tertiary/aromatic N) is 3. The Bertz CT molecular complexity index is 941. The van der Waals surface area contributed by atoms with Crippen LogP contribution in [-0.2, 0) is 11.3 Å². The van der Waals surface area contributed by atoms with Crippen molar-refractivity contribution in [3.8, 4) is 17.1 Å². The highest BCUT2D eigenvalue weighted by molar-refractivity contribution is 7.99. The Morgan fingerprint density at radius 3 is 2.78 bits per heavy atom. The van der Waals surface area contributed by atoms with Crippen LogP contribution < -0.4 is 15.8 Å². The van der Waals surface area contributed by atoms with Gasteiger partial charge < -0.3 is 20.4 Å². The molecule has 1 aromatic heterocycles. The van der Waals surface area contributed by atoms with Gasteiger partial charge in [-0.3, -0.25) is 4.79 Å². The molecule has 0 bridgehead atoms. The molecule has 0 saturated carbocycles. The number of thioether (sulfide) groups is 1. The smallest absolute Gasteiger partial charge is 0.234 e. The molecule has 7 nitrogen and oxygen atoms in total. The summed E-state index contributed by atoms with van der Waals surface area (Å²) in [7, 11) is 1.57. The summed E-state index contributed by atoms with van der Waals surface area (Å²) in [5.74, 6) is 1.43. The van der Waals surface area contributed by atoms with Crippen molar-refractivity contribution in [2.45, 2.75) is 18.6 Å². The Balaban J connectivity index is 1.70. The molecule has 0 fully saturated rings. The van der Waals surface area contributed by atoms with Gasteiger partial charge in [0.1, 0.15) is 5.75 Å². The van der Waals surface area contributed by atoms with Crippen LogP contribution in [0.5, 0.6) is 5.75 Å². The molecule has 3 aromatic rings. The minimum absolute atomic E-state index is 0.138. The van der Waals surface area contributed by atoms with E-state index in [9.17, 15) is 4.79 Å². The lowest BCUT2D eigenvalue weighted by Gasteiger charge is -2.10. The predicted octanol–water partition coefficient (Wildman–Crippen LogP) is 3.29. The number of rotatable bonds is 7. The van der Waals surface area contributed by atoms with E-state index in [0.717, 1.165) is 11.4 Å². The summed E-state index contributed by atoms with van der Waals surface area (Å²) in [6.45, 7) is 2.70. The quantitative estimate of drug-likeness (QED) is 0.480. The van der Waals surface area contributed by atoms with Crippen LogP contribution in [0.25, 0.3) is 11.4 Å². The SMILES string of the molecule is CCn1c(SCC(=O)Nc2ccccc2OC)nnc1-c1cccc(N)c1. The molecule has 3 rings (SSSR count). The van der Waals surface area contributed by atoms with Crippen molar-refractivity contribution in [3.05, 3.63) is 48.5 Å². The van der Waals surface area contributed by atoms with Crippen molar-refractivity contribution < 1.29 is 9.53 Å². The molecule has 8 heteroatoms. The predicted molar refractivity (Wildman–Crippen MR) is 108 cm³/mol. The fraction of sp³-hybridized carbons (Fsp3) is 0.211. The first-order valence-corrected chi connectivity index (χ1v) is 9.45. The van der Waals surface area contributed by atoms with E-state index in [1.807, 2.05) is 47.9 Å². The average Bonchev–Trinajstić information content (AvgIpc) is 3.09. The number of anilines is 2. The van der Waals surface area contributed by atoms with Crippen LogP contribution in [0.4, 0.5) is 11.4 Å². The molecule has 0 radical (unpaired) electrons. The zero-order chi connectivity index (χ0) is 19.2. The summed E-state index contributed by atoms with van der Waals surface area (Å²) in [6.07, 6.45) is 0. The van der Waals surface area contributed by atoms with Crippen molar-refractivity contribution in [2.75, 3.05) is 23.9 Å². The first-order chi connectivity index (χ1) is 13.1. The Kier molecular flexibility index (Phi) is 5.97. The van der Waals surface area contributed by atoms with Crippen molar-refractivity contribution >= 4 is 29.0 Å². The Morgan fingerprint density at radius 1 is 1.22 bits per heavy atom. The van der Waals surface area contributed by atoms with E-state index in [-0.39, 0.29) is 11.7 Å². The van der Waals surface area contributed by atoms with E-state index in [0.29, 0.717) is 28.8 Å². The van der Waals surface area contributed by atoms with Gasteiger partial charge in [-0.25, -0.2) is 0 Å². The third kappa shape index (κ3) is 4.40. The number of methoxy groups -OCH3 is 1. The fourth-order valence-electron chi connectivity index (χ4n) is 2.64. The molecule has 1 heterocycles. The molecule has 1 amide bonds. The second-order valence-electron chi connectivity index (χ2n) is 5.71. The van der Waals surface area contributed by atoms with E-state index in [1.165, 1.54) is 11.8 Å². The molecule has 0 spiro atoms. The lowest BCUT2D eigenvalue weighted by Crippen LogP contribution is -2.15. The minimum atomic E-state index is -0.138. The van der Waals surface area contributed by atoms with Crippen LogP contribution in [0.15, 0.2) is 53.7 Å². The fourth-order valence-corrected chi connectivity index (χ4v) is 3.44. The molecule has 3 N–H and O–H groups in total. The number of ether oxygens (including phenoxy) is 1. The number of hydrogen-bond donors (Lipinski definition) is 2. The lowest BCUT2D eigenvalue weighted by molar-refractivity contribution is -0.113. The van der Waals surface area contributed by atoms with Crippen LogP contribution in [-0.4, -0.2) is 33.5 Å². The van der Waals surface area contributed by atoms with Gasteiger partial charge in [0, 0.05) is 17.8 Å². The summed E-state index contributed by atoms with van der Waals surface area (Å²) in [4.78, 5) is 12.3. The van der Waals surface area contributed by atoms with Crippen molar-refractivity contribution in [3.63, 3.8) is 0 Å². The van der Waals surface area contributed by atoms with Crippen LogP contribution in [0.1, 0.15) is 6.92 Å². The van der Waals surface area contributed by atoms with Gasteiger partial charge in [-0.15, -0.1) is 10.2 Å². The van der Waals surface area contributed by atoms with E-state index in [4.69, 9.17) is 10.5 Å². The molecule has 0 saturated heterocycles. The third-order valence-corrected chi connectivity index (χ3v) is 4.86. The normalized spacial score (nSPS) is 10.6. The molecular formula is C19H21N5O2S. The number of amides is 1. The number of nitrogens with two attached hydrogens (primary N) is 1. The number of nitrogens with one attached hydrogen (secondary N) is 1. The number of carbonyl (C=O) groups is 1. The number of para-hydroxylation sites is 2. The third-order valence-electron chi connectivity index (χ3n) is 3.89. The first kappa shape index (κ1) is 18.8. The molecule has 0 aliphatic carbocycles. The second kappa shape index (κ2) is 8.59. The maximum atomic E-state index is 12.3. The number of benzene rings is 2. The largest absolute Gasteiger partial charge is 0.495 e. The Labute approximate surface area is 161 Å². The molecule has 0 unspecified atom stereocenters. The maximum Gasteiger partial charge on any atom is 0.234 e. The van der Waals surface area contributed by atoms with Crippen LogP contribution in [0.2, 0.25) is 0 Å². The van der Waals surface area contributed by atoms with Crippen molar-refractivity contribution in [2.24, 2.45) is 0 Å². The number of hydrogen-bond acceptors (Lipinski definition) is 6. The summed E-state index contributed by atoms with van der Waals surface area (Å²) in [5, 5.41) is 12.1. The molecule has 140 valence electrons. The zero-order valence-corrected chi connectivity index (χ0v) is 16.0. The summed E-state index contributed by atoms with van der Waals surface area (Å²) < 4.78 is 7.22. The van der Waals surface area contributed by atoms with E-state index >= 15 is 0 Å². The molecule has 0 aliphatic rings. The highest BCUT2D eigenvalue weighted by Gasteiger charge is 2.15. The molecule has 0 atom stereocenters. The monoisotopic (exact) mass is 383 g/mol. The topological polar surface area (TPSA) is 95.1 Å². The van der Waals surface area contributed by atoms with Crippen molar-refractivity contribution in [1.29, 1.82) is 0 Å². The summed E-state index contributed by atoms with van der Waals surface area (Å²) in [5.41, 5.74) is 8.07. The summed E-state index contributed by atoms with van der Waals surface area (Å²) in [6, 6.07) is 14.8. The van der Waals surface area contributed by atoms with Gasteiger partial charge in [-0.1, -0.05) is 36.0 Å². The van der Waals surface area contributed by atoms with Gasteiger partial charge in [0.05, 0.1) is 18.6 Å². The zero-order valence-electron chi connectivity index (χ0n) is 15.2. The van der Waals surface area contributed by atoms with Gasteiger partial charge in [-0.2, -0.15) is 0 Å². The van der Waals surface area contributed by atoms with Crippen molar-refractivity contribution in [1.82, 2.24) is 14.8 Å². The van der Waals surface area contributed by atoms with E-state index in [1.54, 1.807) is 19.2 Å². The number of nitrogen functional groups attached to an aromatic ring is 1. The number of carbonyl (C=O) groups excluding carboxylic acids is 1. The summed E-state index contributed by atoms with van der Waals surface area (Å²) >= 11 is 1.34. The Morgan fingerprint density at radius 2 is 2.04 bits per heavy atom. The average molecular weight is 383 g/mol. The van der Waals surface area contributed by atoms with Gasteiger partial charge in [0.25, 0.3) is 0 Å². The minimum Gasteiger partial charge on any atom is -0.495 e. The van der Waals surface area contributed by atoms with E-state index < -0.39 is 0 Å². The number of aromatic nitrogens is 3. The highest BCUT2D eigenvalue weighted by atomic mass is 32.2. The maximum absolute atomic E-state index is 12.3. The van der Waals surface area contributed by atoms with Gasteiger partial charge in [-0.05, 0) is 31.2 Å². The van der Waals surface area contributed by atoms with Crippen LogP contribution >= 0.6 is 11.8 Å². The Hall–Kier alpha value is -3.00. The van der Waals surface area contributed by atoms with Gasteiger partial charge in [0.2, 0.25) is 5.91 Å². The first-order valence-electron chi connectivity index (χ1n) is 8.47. The van der Waals surface area contributed by atoms with E-state index in [2.05, 4.69) is 15.5 Å². The van der Waals surface area contributed by atoms with Gasteiger partial charge in [0.15, 0.2) is 11.0 Å². The van der Waals surface area contributed by atoms with Crippen LogP contribution in [0, 0.1) is 0 Å². The molecular weight excluding hydrogens is 362 g/mol. The molecule has 27 heavy (non-hydrogen) atoms. The second-order valence-corrected chi connectivity index (χ2v) is 6.66.